The lowest BCUT2D eigenvalue weighted by atomic mass is 10.2. The number of halogens is 1. The maximum atomic E-state index is 13.6. The van der Waals surface area contributed by atoms with E-state index in [9.17, 15) is 19.3 Å². The van der Waals surface area contributed by atoms with Gasteiger partial charge in [-0.05, 0) is 19.1 Å². The molecule has 0 saturated heterocycles. The predicted molar refractivity (Wildman–Crippen MR) is 67.8 cm³/mol. The van der Waals surface area contributed by atoms with Crippen molar-refractivity contribution in [1.29, 1.82) is 0 Å². The van der Waals surface area contributed by atoms with Crippen molar-refractivity contribution < 1.29 is 28.4 Å². The maximum absolute atomic E-state index is 13.6. The fraction of sp³-hybridized carbons (Fsp3) is 0.154. The number of aromatic carboxylic acids is 1. The molecule has 1 N–H and O–H groups in total. The summed E-state index contributed by atoms with van der Waals surface area (Å²) < 4.78 is 23.7. The Kier molecular flexibility index (Phi) is 3.88. The number of carbonyl (C=O) groups is 1. The molecule has 0 fully saturated rings. The van der Waals surface area contributed by atoms with Crippen molar-refractivity contribution in [3.63, 3.8) is 0 Å². The third-order valence-corrected chi connectivity index (χ3v) is 2.75. The zero-order valence-corrected chi connectivity index (χ0v) is 10.8. The molecule has 0 aliphatic heterocycles. The minimum atomic E-state index is -1.25. The Hall–Kier alpha value is -2.90. The first-order valence-electron chi connectivity index (χ1n) is 5.78. The first-order valence-corrected chi connectivity index (χ1v) is 5.78. The number of ether oxygens (including phenoxy) is 1. The Bertz CT molecular complexity index is 709. The maximum Gasteiger partial charge on any atom is 0.371 e. The van der Waals surface area contributed by atoms with E-state index in [0.717, 1.165) is 12.1 Å². The molecule has 8 heteroatoms. The van der Waals surface area contributed by atoms with E-state index in [1.165, 1.54) is 19.1 Å². The molecule has 0 radical (unpaired) electrons. The van der Waals surface area contributed by atoms with Gasteiger partial charge in [0, 0.05) is 11.6 Å². The second kappa shape index (κ2) is 5.61. The van der Waals surface area contributed by atoms with Gasteiger partial charge in [0.1, 0.15) is 12.4 Å². The summed E-state index contributed by atoms with van der Waals surface area (Å²) in [4.78, 5) is 20.8. The fourth-order valence-corrected chi connectivity index (χ4v) is 1.70. The number of para-hydroxylation sites is 1. The molecule has 7 nitrogen and oxygen atoms in total. The van der Waals surface area contributed by atoms with Crippen LogP contribution in [0.4, 0.5) is 10.1 Å². The minimum absolute atomic E-state index is 0.246. The highest BCUT2D eigenvalue weighted by atomic mass is 19.1. The van der Waals surface area contributed by atoms with Crippen LogP contribution in [-0.2, 0) is 6.61 Å². The highest BCUT2D eigenvalue weighted by molar-refractivity contribution is 5.84. The van der Waals surface area contributed by atoms with Crippen LogP contribution in [0.1, 0.15) is 21.9 Å². The van der Waals surface area contributed by atoms with Crippen LogP contribution in [-0.4, -0.2) is 16.0 Å². The van der Waals surface area contributed by atoms with Crippen molar-refractivity contribution >= 4 is 11.7 Å². The zero-order chi connectivity index (χ0) is 15.6. The van der Waals surface area contributed by atoms with Crippen molar-refractivity contribution in [1.82, 2.24) is 0 Å². The van der Waals surface area contributed by atoms with Gasteiger partial charge in [-0.25, -0.2) is 9.18 Å². The lowest BCUT2D eigenvalue weighted by molar-refractivity contribution is -0.386. The van der Waals surface area contributed by atoms with Gasteiger partial charge in [0.05, 0.1) is 4.92 Å². The molecular formula is C13H10FNO6. The minimum Gasteiger partial charge on any atom is -0.480 e. The van der Waals surface area contributed by atoms with Crippen LogP contribution in [0, 0.1) is 22.9 Å². The Labute approximate surface area is 117 Å². The third-order valence-electron chi connectivity index (χ3n) is 2.75. The number of nitro groups is 1. The molecule has 2 rings (SSSR count). The van der Waals surface area contributed by atoms with E-state index in [2.05, 4.69) is 0 Å². The molecule has 2 aromatic rings. The summed E-state index contributed by atoms with van der Waals surface area (Å²) in [6.45, 7) is 1.27. The van der Waals surface area contributed by atoms with Gasteiger partial charge in [0.15, 0.2) is 5.82 Å². The van der Waals surface area contributed by atoms with E-state index in [-0.39, 0.29) is 18.1 Å². The summed E-state index contributed by atoms with van der Waals surface area (Å²) in [6, 6.07) is 4.58. The number of rotatable bonds is 5. The van der Waals surface area contributed by atoms with Crippen molar-refractivity contribution in [2.45, 2.75) is 13.5 Å². The number of nitrogens with zero attached hydrogens (tertiary/aromatic N) is 1. The van der Waals surface area contributed by atoms with Gasteiger partial charge in [-0.1, -0.05) is 6.07 Å². The van der Waals surface area contributed by atoms with E-state index in [0.29, 0.717) is 5.56 Å². The number of hydrogen-bond acceptors (Lipinski definition) is 5. The fourth-order valence-electron chi connectivity index (χ4n) is 1.70. The van der Waals surface area contributed by atoms with Crippen molar-refractivity contribution in [2.24, 2.45) is 0 Å². The number of nitro benzene ring substituents is 1. The lowest BCUT2D eigenvalue weighted by Gasteiger charge is -2.06. The molecule has 0 atom stereocenters. The molecule has 0 saturated carbocycles. The number of furan rings is 1. The normalized spacial score (nSPS) is 10.4. The van der Waals surface area contributed by atoms with Crippen molar-refractivity contribution in [3.8, 4) is 5.75 Å². The van der Waals surface area contributed by atoms with Crippen molar-refractivity contribution in [2.75, 3.05) is 0 Å². The van der Waals surface area contributed by atoms with Gasteiger partial charge in [-0.3, -0.25) is 10.1 Å². The summed E-state index contributed by atoms with van der Waals surface area (Å²) >= 11 is 0. The quantitative estimate of drug-likeness (QED) is 0.672. The van der Waals surface area contributed by atoms with Gasteiger partial charge in [-0.2, -0.15) is 0 Å². The van der Waals surface area contributed by atoms with Crippen LogP contribution in [0.3, 0.4) is 0 Å². The van der Waals surface area contributed by atoms with E-state index < -0.39 is 28.1 Å². The molecule has 1 heterocycles. The van der Waals surface area contributed by atoms with Gasteiger partial charge in [0.25, 0.3) is 0 Å². The summed E-state index contributed by atoms with van der Waals surface area (Å²) in [5.41, 5.74) is -0.139. The van der Waals surface area contributed by atoms with Crippen LogP contribution in [0.2, 0.25) is 0 Å². The lowest BCUT2D eigenvalue weighted by Crippen LogP contribution is -2.01. The Morgan fingerprint density at radius 3 is 2.81 bits per heavy atom. The second-order valence-corrected chi connectivity index (χ2v) is 4.13. The van der Waals surface area contributed by atoms with E-state index in [1.807, 2.05) is 0 Å². The van der Waals surface area contributed by atoms with Gasteiger partial charge < -0.3 is 14.3 Å². The number of carboxylic acids is 1. The molecule has 1 aromatic heterocycles. The zero-order valence-electron chi connectivity index (χ0n) is 10.8. The standard InChI is InChI=1S/C13H10FNO6/c1-7-8(5-11(21-7)13(16)17)6-20-12-9(14)3-2-4-10(12)15(18)19/h2-5H,6H2,1H3,(H,16,17). The number of carboxylic acid groups (broad SMARTS) is 1. The number of aryl methyl sites for hydroxylation is 1. The van der Waals surface area contributed by atoms with Gasteiger partial charge in [-0.15, -0.1) is 0 Å². The van der Waals surface area contributed by atoms with E-state index in [4.69, 9.17) is 14.3 Å². The number of benzene rings is 1. The second-order valence-electron chi connectivity index (χ2n) is 4.13. The first kappa shape index (κ1) is 14.5. The van der Waals surface area contributed by atoms with E-state index in [1.54, 1.807) is 0 Å². The Morgan fingerprint density at radius 2 is 2.24 bits per heavy atom. The predicted octanol–water partition coefficient (Wildman–Crippen LogP) is 2.91. The summed E-state index contributed by atoms with van der Waals surface area (Å²) in [5, 5.41) is 19.6. The molecule has 0 aliphatic carbocycles. The largest absolute Gasteiger partial charge is 0.480 e. The summed E-state index contributed by atoms with van der Waals surface area (Å²) in [7, 11) is 0. The average Bonchev–Trinajstić information content (AvgIpc) is 2.78. The monoisotopic (exact) mass is 295 g/mol. The average molecular weight is 295 g/mol. The highest BCUT2D eigenvalue weighted by Gasteiger charge is 2.21. The Morgan fingerprint density at radius 1 is 1.52 bits per heavy atom. The molecule has 21 heavy (non-hydrogen) atoms. The molecule has 0 bridgehead atoms. The topological polar surface area (TPSA) is 103 Å². The summed E-state index contributed by atoms with van der Waals surface area (Å²) in [6.07, 6.45) is 0. The number of hydrogen-bond donors (Lipinski definition) is 1. The molecule has 0 spiro atoms. The molecule has 1 aromatic carbocycles. The SMILES string of the molecule is Cc1oc(C(=O)O)cc1COc1c(F)cccc1[N+](=O)[O-]. The van der Waals surface area contributed by atoms with Crippen LogP contribution < -0.4 is 4.74 Å². The first-order chi connectivity index (χ1) is 9.90. The van der Waals surface area contributed by atoms with Crippen LogP contribution in [0.5, 0.6) is 5.75 Å². The highest BCUT2D eigenvalue weighted by Crippen LogP contribution is 2.30. The molecule has 110 valence electrons. The van der Waals surface area contributed by atoms with Crippen LogP contribution >= 0.6 is 0 Å². The molecular weight excluding hydrogens is 285 g/mol. The third kappa shape index (κ3) is 2.99. The Balaban J connectivity index is 2.24. The van der Waals surface area contributed by atoms with Crippen LogP contribution in [0.15, 0.2) is 28.7 Å². The van der Waals surface area contributed by atoms with Crippen molar-refractivity contribution in [3.05, 3.63) is 57.3 Å². The van der Waals surface area contributed by atoms with Gasteiger partial charge in [0.2, 0.25) is 11.5 Å². The summed E-state index contributed by atoms with van der Waals surface area (Å²) in [5.74, 6) is -2.62. The molecule has 0 unspecified atom stereocenters. The van der Waals surface area contributed by atoms with E-state index >= 15 is 0 Å². The van der Waals surface area contributed by atoms with Crippen LogP contribution in [0.25, 0.3) is 0 Å². The van der Waals surface area contributed by atoms with Gasteiger partial charge >= 0.3 is 11.7 Å². The smallest absolute Gasteiger partial charge is 0.371 e. The molecule has 0 aliphatic rings. The molecule has 0 amide bonds.